The van der Waals surface area contributed by atoms with Gasteiger partial charge in [0.05, 0.1) is 47.6 Å². The summed E-state index contributed by atoms with van der Waals surface area (Å²) in [6.07, 6.45) is -5.74. The first kappa shape index (κ1) is 47.9. The molecule has 2 N–H and O–H groups in total. The number of rotatable bonds is 11. The molecule has 4 rings (SSSR count). The summed E-state index contributed by atoms with van der Waals surface area (Å²) in [6, 6.07) is -0.260. The molecule has 4 aliphatic rings. The molecule has 0 saturated carbocycles. The average molecular weight is 816 g/mol. The average Bonchev–Trinajstić information content (AvgIpc) is 3.83. The van der Waals surface area contributed by atoms with Crippen LogP contribution < -0.4 is 0 Å². The third-order valence-electron chi connectivity index (χ3n) is 13.7. The molecular weight excluding hydrogens is 742 g/mol. The Morgan fingerprint density at radius 2 is 1.58 bits per heavy atom. The zero-order valence-corrected chi connectivity index (χ0v) is 37.0. The van der Waals surface area contributed by atoms with Gasteiger partial charge in [0.25, 0.3) is 0 Å². The molecule has 0 aromatic carbocycles. The molecule has 4 aliphatic heterocycles. The molecule has 0 radical (unpaired) electrons. The number of aliphatic hydroxyl groups excluding tert-OH is 1. The first-order valence-corrected chi connectivity index (χ1v) is 20.7. The predicted octanol–water partition coefficient (Wildman–Crippen LogP) is 3.81. The Balaban J connectivity index is 1.87. The maximum absolute atomic E-state index is 14.5. The lowest BCUT2D eigenvalue weighted by Crippen LogP contribution is -2.61. The van der Waals surface area contributed by atoms with Gasteiger partial charge in [0.15, 0.2) is 18.7 Å². The topological polar surface area (TPSA) is 181 Å². The SMILES string of the molecule is CC[C@H]1OC(=O)[C@H](C)[C@@H](OC2C[C@@](C)(OC)[C@@H](OC(C)=O)[C@H](C)O2)[C@H](C)[C@@H](O[C@@H]2O[C@H](C)C[C@H](N(C)C)[C@H]2O)[C@](C)(OC)C[C@@H](C)C2OC2(C)[C@@H](CC=O)[C@]1(C)O. The van der Waals surface area contributed by atoms with Crippen LogP contribution in [-0.2, 0) is 57.0 Å². The summed E-state index contributed by atoms with van der Waals surface area (Å²) in [5.41, 5.74) is -4.66. The molecule has 0 bridgehead atoms. The number of esters is 2. The highest BCUT2D eigenvalue weighted by Gasteiger charge is 2.66. The van der Waals surface area contributed by atoms with Crippen molar-refractivity contribution in [2.75, 3.05) is 28.3 Å². The number of epoxide rings is 1. The highest BCUT2D eigenvalue weighted by molar-refractivity contribution is 5.73. The van der Waals surface area contributed by atoms with Crippen LogP contribution in [0.15, 0.2) is 0 Å². The highest BCUT2D eigenvalue weighted by Crippen LogP contribution is 2.54. The van der Waals surface area contributed by atoms with E-state index >= 15 is 0 Å². The fraction of sp³-hybridized carbons (Fsp3) is 0.929. The van der Waals surface area contributed by atoms with Crippen LogP contribution in [0.1, 0.15) is 108 Å². The smallest absolute Gasteiger partial charge is 0.311 e. The summed E-state index contributed by atoms with van der Waals surface area (Å²) >= 11 is 0. The maximum atomic E-state index is 14.5. The minimum Gasteiger partial charge on any atom is -0.459 e. The van der Waals surface area contributed by atoms with E-state index in [1.165, 1.54) is 14.0 Å². The van der Waals surface area contributed by atoms with Crippen molar-refractivity contribution < 1.29 is 67.2 Å². The van der Waals surface area contributed by atoms with E-state index in [-0.39, 0.29) is 43.4 Å². The van der Waals surface area contributed by atoms with Gasteiger partial charge in [-0.2, -0.15) is 0 Å². The maximum Gasteiger partial charge on any atom is 0.311 e. The van der Waals surface area contributed by atoms with E-state index in [0.29, 0.717) is 12.8 Å². The van der Waals surface area contributed by atoms with Crippen molar-refractivity contribution in [2.24, 2.45) is 23.7 Å². The number of likely N-dealkylation sites (N-methyl/N-ethyl adjacent to an activating group) is 1. The molecule has 0 amide bonds. The molecule has 19 atom stereocenters. The molecule has 15 nitrogen and oxygen atoms in total. The number of carbonyl (C=O) groups is 3. The van der Waals surface area contributed by atoms with E-state index in [0.717, 1.165) is 6.29 Å². The lowest BCUT2D eigenvalue weighted by molar-refractivity contribution is -0.320. The lowest BCUT2D eigenvalue weighted by atomic mass is 9.70. The number of ether oxygens (including phenoxy) is 9. The van der Waals surface area contributed by atoms with E-state index in [1.54, 1.807) is 27.9 Å². The Morgan fingerprint density at radius 1 is 0.965 bits per heavy atom. The number of fused-ring (bicyclic) bond motifs is 1. The van der Waals surface area contributed by atoms with Crippen molar-refractivity contribution in [3.05, 3.63) is 0 Å². The van der Waals surface area contributed by atoms with E-state index in [4.69, 9.17) is 42.6 Å². The third kappa shape index (κ3) is 9.89. The summed E-state index contributed by atoms with van der Waals surface area (Å²) in [7, 11) is 6.94. The molecule has 0 spiro atoms. The molecule has 0 aliphatic carbocycles. The quantitative estimate of drug-likeness (QED) is 0.175. The summed E-state index contributed by atoms with van der Waals surface area (Å²) in [4.78, 5) is 40.7. The standard InChI is InChI=1S/C42H73NO14/c1-16-30-41(10,48)29(17-18-44)42(11)34(57-42)22(2)20-39(8,49-14)35(56-38-32(46)28(43(12)13)19-23(3)51-38)24(4)33(25(5)37(47)54-30)55-31-21-40(9,50-15)36(26(6)52-31)53-27(7)45/h18,22-26,28-36,38,46,48H,16-17,19-21H2,1-15H3/t22-,23-,24+,25-,26+,28+,29+,30-,31?,32-,33+,34?,35-,36+,38+,39-,40-,41+,42?/m1/s1. The first-order chi connectivity index (χ1) is 26.4. The number of cyclic esters (lactones) is 1. The molecule has 0 aromatic rings. The van der Waals surface area contributed by atoms with Gasteiger partial charge >= 0.3 is 11.9 Å². The van der Waals surface area contributed by atoms with Gasteiger partial charge in [-0.3, -0.25) is 9.59 Å². The zero-order valence-electron chi connectivity index (χ0n) is 37.0. The predicted molar refractivity (Wildman–Crippen MR) is 208 cm³/mol. The van der Waals surface area contributed by atoms with Gasteiger partial charge in [0, 0.05) is 51.9 Å². The first-order valence-electron chi connectivity index (χ1n) is 20.7. The van der Waals surface area contributed by atoms with Crippen LogP contribution in [0.25, 0.3) is 0 Å². The molecule has 4 saturated heterocycles. The molecule has 4 heterocycles. The van der Waals surface area contributed by atoms with Crippen molar-refractivity contribution in [2.45, 2.75) is 198 Å². The van der Waals surface area contributed by atoms with Crippen molar-refractivity contribution >= 4 is 18.2 Å². The van der Waals surface area contributed by atoms with Gasteiger partial charge in [0.2, 0.25) is 0 Å². The second-order valence-corrected chi connectivity index (χ2v) is 18.3. The molecule has 0 aromatic heterocycles. The number of aldehydes is 1. The molecule has 15 heteroatoms. The molecular formula is C42H73NO14. The van der Waals surface area contributed by atoms with Crippen molar-refractivity contribution in [1.82, 2.24) is 4.90 Å². The number of nitrogens with zero attached hydrogens (tertiary/aromatic N) is 1. The number of hydrogen-bond acceptors (Lipinski definition) is 15. The van der Waals surface area contributed by atoms with E-state index < -0.39 is 101 Å². The van der Waals surface area contributed by atoms with Crippen molar-refractivity contribution in [3.8, 4) is 0 Å². The molecule has 57 heavy (non-hydrogen) atoms. The minimum atomic E-state index is -1.64. The Morgan fingerprint density at radius 3 is 2.12 bits per heavy atom. The Labute approximate surface area is 340 Å². The van der Waals surface area contributed by atoms with E-state index in [9.17, 15) is 24.6 Å². The van der Waals surface area contributed by atoms with Gasteiger partial charge < -0.3 is 62.5 Å². The van der Waals surface area contributed by atoms with Crippen LogP contribution >= 0.6 is 0 Å². The molecule has 330 valence electrons. The summed E-state index contributed by atoms with van der Waals surface area (Å²) in [6.45, 7) is 19.7. The summed E-state index contributed by atoms with van der Waals surface area (Å²) in [5, 5.41) is 24.0. The minimum absolute atomic E-state index is 0.0156. The fourth-order valence-corrected chi connectivity index (χ4v) is 10.3. The van der Waals surface area contributed by atoms with Crippen LogP contribution in [0.4, 0.5) is 0 Å². The number of aliphatic hydroxyl groups is 2. The Kier molecular flexibility index (Phi) is 15.5. The van der Waals surface area contributed by atoms with Crippen LogP contribution in [0.3, 0.4) is 0 Å². The van der Waals surface area contributed by atoms with Crippen LogP contribution in [0, 0.1) is 23.7 Å². The van der Waals surface area contributed by atoms with Gasteiger partial charge in [0.1, 0.15) is 29.7 Å². The largest absolute Gasteiger partial charge is 0.459 e. The zero-order chi connectivity index (χ0) is 43.0. The third-order valence-corrected chi connectivity index (χ3v) is 13.7. The van der Waals surface area contributed by atoms with Gasteiger partial charge in [-0.1, -0.05) is 20.8 Å². The van der Waals surface area contributed by atoms with Crippen molar-refractivity contribution in [1.29, 1.82) is 0 Å². The van der Waals surface area contributed by atoms with E-state index in [2.05, 4.69) is 0 Å². The second-order valence-electron chi connectivity index (χ2n) is 18.3. The van der Waals surface area contributed by atoms with Crippen molar-refractivity contribution in [3.63, 3.8) is 0 Å². The van der Waals surface area contributed by atoms with E-state index in [1.807, 2.05) is 67.5 Å². The van der Waals surface area contributed by atoms with Gasteiger partial charge in [-0.05, 0) is 87.7 Å². The van der Waals surface area contributed by atoms with Crippen LogP contribution in [-0.4, -0.2) is 152 Å². The fourth-order valence-electron chi connectivity index (χ4n) is 10.3. The summed E-state index contributed by atoms with van der Waals surface area (Å²) < 4.78 is 57.3. The van der Waals surface area contributed by atoms with Crippen LogP contribution in [0.5, 0.6) is 0 Å². The highest BCUT2D eigenvalue weighted by atomic mass is 16.7. The summed E-state index contributed by atoms with van der Waals surface area (Å²) in [5.74, 6) is -3.65. The monoisotopic (exact) mass is 816 g/mol. The Bertz CT molecular complexity index is 1380. The lowest BCUT2D eigenvalue weighted by Gasteiger charge is -2.50. The second kappa shape index (κ2) is 18.4. The number of methoxy groups -OCH3 is 2. The number of hydrogen-bond donors (Lipinski definition) is 2. The van der Waals surface area contributed by atoms with Gasteiger partial charge in [-0.15, -0.1) is 0 Å². The number of carbonyl (C=O) groups excluding carboxylic acids is 3. The van der Waals surface area contributed by atoms with Crippen LogP contribution in [0.2, 0.25) is 0 Å². The Hall–Kier alpha value is -1.79. The molecule has 4 fully saturated rings. The normalized spacial score (nSPS) is 48.7. The van der Waals surface area contributed by atoms with Gasteiger partial charge in [-0.25, -0.2) is 0 Å². The molecule has 3 unspecified atom stereocenters.